The van der Waals surface area contributed by atoms with E-state index in [4.69, 9.17) is 5.11 Å². The van der Waals surface area contributed by atoms with Gasteiger partial charge in [0.15, 0.2) is 0 Å². The fourth-order valence-corrected chi connectivity index (χ4v) is 0.918. The predicted octanol–water partition coefficient (Wildman–Crippen LogP) is -0.424. The van der Waals surface area contributed by atoms with Crippen LogP contribution < -0.4 is 10.8 Å². The number of imide groups is 1. The van der Waals surface area contributed by atoms with E-state index in [2.05, 4.69) is 4.84 Å². The molecule has 0 aliphatic carbocycles. The minimum atomic E-state index is -1.03. The average Bonchev–Trinajstić information content (AvgIpc) is 2.36. The molecule has 0 unspecified atom stereocenters. The molecule has 0 bridgehead atoms. The number of carbonyl (C=O) groups is 3. The summed E-state index contributed by atoms with van der Waals surface area (Å²) in [4.78, 5) is 37.2. The number of hydroxylamine groups is 1. The molecule has 7 heteroatoms. The molecule has 0 aromatic heterocycles. The van der Waals surface area contributed by atoms with Crippen LogP contribution in [0.1, 0.15) is 10.4 Å². The first-order chi connectivity index (χ1) is 8.13. The van der Waals surface area contributed by atoms with Gasteiger partial charge in [0.25, 0.3) is 5.91 Å². The van der Waals surface area contributed by atoms with Crippen LogP contribution in [0.25, 0.3) is 0 Å². The standard InChI is InChI=1S/C10H10N2O5/c13-6-8(14)11-10(16)12-17-9(15)7-4-2-1-3-5-7/h1-5,13H,6H2,(H2,11,12,14,16). The molecule has 0 aliphatic heterocycles. The lowest BCUT2D eigenvalue weighted by Crippen LogP contribution is -2.41. The Bertz CT molecular complexity index is 418. The van der Waals surface area contributed by atoms with E-state index in [0.717, 1.165) is 0 Å². The molecule has 0 saturated carbocycles. The van der Waals surface area contributed by atoms with Crippen molar-refractivity contribution in [3.05, 3.63) is 35.9 Å². The van der Waals surface area contributed by atoms with Crippen LogP contribution in [0.5, 0.6) is 0 Å². The largest absolute Gasteiger partial charge is 0.387 e. The van der Waals surface area contributed by atoms with E-state index in [1.54, 1.807) is 29.0 Å². The van der Waals surface area contributed by atoms with Crippen LogP contribution in [-0.4, -0.2) is 29.6 Å². The summed E-state index contributed by atoms with van der Waals surface area (Å²) in [5.41, 5.74) is 1.97. The molecule has 0 atom stereocenters. The first kappa shape index (κ1) is 12.7. The van der Waals surface area contributed by atoms with Gasteiger partial charge in [-0.2, -0.15) is 5.48 Å². The first-order valence-corrected chi connectivity index (χ1v) is 4.60. The van der Waals surface area contributed by atoms with Gasteiger partial charge in [0, 0.05) is 0 Å². The zero-order chi connectivity index (χ0) is 12.7. The van der Waals surface area contributed by atoms with Crippen LogP contribution in [0.2, 0.25) is 0 Å². The maximum atomic E-state index is 11.3. The average molecular weight is 238 g/mol. The molecule has 17 heavy (non-hydrogen) atoms. The summed E-state index contributed by atoms with van der Waals surface area (Å²) < 4.78 is 0. The Kier molecular flexibility index (Phi) is 4.64. The molecule has 7 nitrogen and oxygen atoms in total. The monoisotopic (exact) mass is 238 g/mol. The molecule has 0 aliphatic rings. The molecule has 90 valence electrons. The summed E-state index contributed by atoms with van der Waals surface area (Å²) in [6.07, 6.45) is 0. The molecule has 0 fully saturated rings. The van der Waals surface area contributed by atoms with Crippen LogP contribution in [0.15, 0.2) is 30.3 Å². The van der Waals surface area contributed by atoms with Crippen molar-refractivity contribution in [3.63, 3.8) is 0 Å². The minimum Gasteiger partial charge on any atom is -0.387 e. The number of urea groups is 1. The van der Waals surface area contributed by atoms with E-state index < -0.39 is 24.5 Å². The number of aliphatic hydroxyl groups excluding tert-OH is 1. The third kappa shape index (κ3) is 4.31. The van der Waals surface area contributed by atoms with E-state index in [-0.39, 0.29) is 5.56 Å². The normalized spacial score (nSPS) is 9.24. The topological polar surface area (TPSA) is 105 Å². The fraction of sp³-hybridized carbons (Fsp3) is 0.100. The Balaban J connectivity index is 2.39. The summed E-state index contributed by atoms with van der Waals surface area (Å²) in [7, 11) is 0. The van der Waals surface area contributed by atoms with Crippen LogP contribution >= 0.6 is 0 Å². The molecule has 3 N–H and O–H groups in total. The quantitative estimate of drug-likeness (QED) is 0.607. The highest BCUT2D eigenvalue weighted by Gasteiger charge is 2.10. The Labute approximate surface area is 96.3 Å². The van der Waals surface area contributed by atoms with Crippen molar-refractivity contribution in [1.82, 2.24) is 10.8 Å². The second-order valence-electron chi connectivity index (χ2n) is 2.89. The van der Waals surface area contributed by atoms with Crippen molar-refractivity contribution in [2.45, 2.75) is 0 Å². The summed E-state index contributed by atoms with van der Waals surface area (Å²) in [6.45, 7) is -0.833. The Hall–Kier alpha value is -2.41. The Morgan fingerprint density at radius 1 is 1.18 bits per heavy atom. The van der Waals surface area contributed by atoms with Crippen molar-refractivity contribution in [2.24, 2.45) is 0 Å². The molecule has 3 amide bonds. The minimum absolute atomic E-state index is 0.251. The van der Waals surface area contributed by atoms with E-state index >= 15 is 0 Å². The molecule has 1 rings (SSSR count). The van der Waals surface area contributed by atoms with E-state index in [0.29, 0.717) is 0 Å². The van der Waals surface area contributed by atoms with Crippen molar-refractivity contribution in [2.75, 3.05) is 6.61 Å². The third-order valence-corrected chi connectivity index (χ3v) is 1.64. The highest BCUT2D eigenvalue weighted by Crippen LogP contribution is 1.99. The molecular formula is C10H10N2O5. The summed E-state index contributed by atoms with van der Waals surface area (Å²) in [5, 5.41) is 10.1. The maximum absolute atomic E-state index is 11.3. The van der Waals surface area contributed by atoms with Gasteiger partial charge in [-0.1, -0.05) is 18.2 Å². The predicted molar refractivity (Wildman–Crippen MR) is 55.6 cm³/mol. The second-order valence-corrected chi connectivity index (χ2v) is 2.89. The molecule has 0 radical (unpaired) electrons. The number of benzene rings is 1. The molecule has 0 heterocycles. The number of carbonyl (C=O) groups excluding carboxylic acids is 3. The van der Waals surface area contributed by atoms with Crippen LogP contribution in [-0.2, 0) is 9.63 Å². The third-order valence-electron chi connectivity index (χ3n) is 1.64. The number of aliphatic hydroxyl groups is 1. The van der Waals surface area contributed by atoms with Crippen molar-refractivity contribution in [1.29, 1.82) is 0 Å². The van der Waals surface area contributed by atoms with E-state index in [1.165, 1.54) is 12.1 Å². The molecule has 0 spiro atoms. The van der Waals surface area contributed by atoms with Crippen LogP contribution in [0, 0.1) is 0 Å². The van der Waals surface area contributed by atoms with Crippen molar-refractivity contribution >= 4 is 17.9 Å². The van der Waals surface area contributed by atoms with Gasteiger partial charge in [0.2, 0.25) is 0 Å². The maximum Gasteiger partial charge on any atom is 0.363 e. The number of nitrogens with one attached hydrogen (secondary N) is 2. The van der Waals surface area contributed by atoms with Gasteiger partial charge in [0.1, 0.15) is 6.61 Å². The smallest absolute Gasteiger partial charge is 0.363 e. The molecule has 1 aromatic rings. The van der Waals surface area contributed by atoms with Gasteiger partial charge in [-0.05, 0) is 12.1 Å². The summed E-state index contributed by atoms with van der Waals surface area (Å²) in [5.74, 6) is -1.67. The lowest BCUT2D eigenvalue weighted by Gasteiger charge is -2.05. The number of rotatable bonds is 2. The number of amides is 3. The Morgan fingerprint density at radius 3 is 2.41 bits per heavy atom. The lowest BCUT2D eigenvalue weighted by molar-refractivity contribution is -0.122. The molecular weight excluding hydrogens is 228 g/mol. The summed E-state index contributed by atoms with van der Waals surface area (Å²) >= 11 is 0. The van der Waals surface area contributed by atoms with E-state index in [1.807, 2.05) is 0 Å². The lowest BCUT2D eigenvalue weighted by atomic mass is 10.2. The second kappa shape index (κ2) is 6.23. The summed E-state index contributed by atoms with van der Waals surface area (Å²) in [6, 6.07) is 6.95. The first-order valence-electron chi connectivity index (χ1n) is 4.60. The van der Waals surface area contributed by atoms with Crippen molar-refractivity contribution < 1.29 is 24.3 Å². The highest BCUT2D eigenvalue weighted by molar-refractivity contribution is 5.95. The number of hydrogen-bond acceptors (Lipinski definition) is 5. The number of hydrogen-bond donors (Lipinski definition) is 3. The van der Waals surface area contributed by atoms with Crippen LogP contribution in [0.4, 0.5) is 4.79 Å². The van der Waals surface area contributed by atoms with Gasteiger partial charge >= 0.3 is 12.0 Å². The van der Waals surface area contributed by atoms with Gasteiger partial charge < -0.3 is 9.94 Å². The SMILES string of the molecule is O=C(CO)NC(=O)NOC(=O)c1ccccc1. The van der Waals surface area contributed by atoms with E-state index in [9.17, 15) is 14.4 Å². The van der Waals surface area contributed by atoms with Gasteiger partial charge in [0.05, 0.1) is 5.56 Å². The Morgan fingerprint density at radius 2 is 1.82 bits per heavy atom. The molecule has 1 aromatic carbocycles. The van der Waals surface area contributed by atoms with Gasteiger partial charge in [-0.15, -0.1) is 0 Å². The van der Waals surface area contributed by atoms with Crippen molar-refractivity contribution in [3.8, 4) is 0 Å². The highest BCUT2D eigenvalue weighted by atomic mass is 16.7. The van der Waals surface area contributed by atoms with Crippen LogP contribution in [0.3, 0.4) is 0 Å². The zero-order valence-electron chi connectivity index (χ0n) is 8.67. The van der Waals surface area contributed by atoms with Gasteiger partial charge in [-0.3, -0.25) is 10.1 Å². The molecule has 0 saturated heterocycles. The van der Waals surface area contributed by atoms with Gasteiger partial charge in [-0.25, -0.2) is 9.59 Å². The fourth-order valence-electron chi connectivity index (χ4n) is 0.918. The zero-order valence-corrected chi connectivity index (χ0v) is 8.67.